The monoisotopic (exact) mass is 191 g/mol. The van der Waals surface area contributed by atoms with E-state index < -0.39 is 0 Å². The van der Waals surface area contributed by atoms with Crippen LogP contribution < -0.4 is 5.73 Å². The molecule has 0 amide bonds. The first-order valence-electron chi connectivity index (χ1n) is 4.60. The topological polar surface area (TPSA) is 53.7 Å². The third-order valence-corrected chi connectivity index (χ3v) is 1.43. The van der Waals surface area contributed by atoms with Gasteiger partial charge >= 0.3 is 0 Å². The first-order valence-corrected chi connectivity index (χ1v) is 4.60. The number of ether oxygens (including phenoxy) is 3. The Morgan fingerprint density at radius 1 is 1.15 bits per heavy atom. The Kier molecular flexibility index (Phi) is 8.33. The molecular formula is C9H21NO3. The molecule has 0 bridgehead atoms. The minimum Gasteiger partial charge on any atom is -0.382 e. The molecular weight excluding hydrogens is 170 g/mol. The molecule has 0 aliphatic heterocycles. The Labute approximate surface area is 80.3 Å². The Balaban J connectivity index is 3.15. The average Bonchev–Trinajstić information content (AvgIpc) is 2.09. The fraction of sp³-hybridized carbons (Fsp3) is 1.00. The van der Waals surface area contributed by atoms with E-state index in [-0.39, 0.29) is 12.1 Å². The van der Waals surface area contributed by atoms with Crippen LogP contribution in [0.2, 0.25) is 0 Å². The minimum absolute atomic E-state index is 0.0847. The summed E-state index contributed by atoms with van der Waals surface area (Å²) in [4.78, 5) is 0. The molecule has 4 heteroatoms. The summed E-state index contributed by atoms with van der Waals surface area (Å²) in [5.41, 5.74) is 5.53. The van der Waals surface area contributed by atoms with E-state index in [2.05, 4.69) is 0 Å². The Morgan fingerprint density at radius 2 is 1.85 bits per heavy atom. The van der Waals surface area contributed by atoms with Crippen molar-refractivity contribution in [2.45, 2.75) is 26.0 Å². The lowest BCUT2D eigenvalue weighted by atomic mass is 10.4. The molecule has 0 saturated carbocycles. The van der Waals surface area contributed by atoms with Gasteiger partial charge in [0.1, 0.15) is 0 Å². The highest BCUT2D eigenvalue weighted by Gasteiger charge is 2.03. The summed E-state index contributed by atoms with van der Waals surface area (Å²) >= 11 is 0. The SMILES string of the molecule is COCCOC[C@@H](C)OC[C@@H](C)N. The molecule has 0 aromatic rings. The maximum atomic E-state index is 5.53. The van der Waals surface area contributed by atoms with Crippen LogP contribution >= 0.6 is 0 Å². The molecule has 13 heavy (non-hydrogen) atoms. The normalized spacial score (nSPS) is 15.7. The van der Waals surface area contributed by atoms with Crippen molar-refractivity contribution in [1.29, 1.82) is 0 Å². The summed E-state index contributed by atoms with van der Waals surface area (Å²) in [6, 6.07) is 0.0847. The third kappa shape index (κ3) is 9.76. The van der Waals surface area contributed by atoms with Crippen LogP contribution in [0.1, 0.15) is 13.8 Å². The van der Waals surface area contributed by atoms with Gasteiger partial charge in [0.15, 0.2) is 0 Å². The van der Waals surface area contributed by atoms with Crippen LogP contribution in [0.25, 0.3) is 0 Å². The van der Waals surface area contributed by atoms with Gasteiger partial charge in [-0.2, -0.15) is 0 Å². The van der Waals surface area contributed by atoms with Gasteiger partial charge in [0, 0.05) is 13.2 Å². The van der Waals surface area contributed by atoms with Crippen molar-refractivity contribution in [1.82, 2.24) is 0 Å². The molecule has 2 atom stereocenters. The van der Waals surface area contributed by atoms with Crippen LogP contribution in [0.5, 0.6) is 0 Å². The van der Waals surface area contributed by atoms with Crippen molar-refractivity contribution in [3.63, 3.8) is 0 Å². The maximum Gasteiger partial charge on any atom is 0.0781 e. The third-order valence-electron chi connectivity index (χ3n) is 1.43. The van der Waals surface area contributed by atoms with E-state index in [9.17, 15) is 0 Å². The van der Waals surface area contributed by atoms with Crippen molar-refractivity contribution in [3.8, 4) is 0 Å². The minimum atomic E-state index is 0.0847. The summed E-state index contributed by atoms with van der Waals surface area (Å²) in [6.45, 7) is 6.29. The largest absolute Gasteiger partial charge is 0.382 e. The highest BCUT2D eigenvalue weighted by Crippen LogP contribution is 1.93. The molecule has 0 fully saturated rings. The molecule has 2 N–H and O–H groups in total. The van der Waals surface area contributed by atoms with Crippen LogP contribution in [0.3, 0.4) is 0 Å². The smallest absolute Gasteiger partial charge is 0.0781 e. The van der Waals surface area contributed by atoms with Crippen LogP contribution in [0.15, 0.2) is 0 Å². The fourth-order valence-electron chi connectivity index (χ4n) is 0.756. The molecule has 0 aliphatic rings. The zero-order valence-corrected chi connectivity index (χ0v) is 8.79. The lowest BCUT2D eigenvalue weighted by Gasteiger charge is -2.14. The van der Waals surface area contributed by atoms with E-state index in [1.165, 1.54) is 0 Å². The van der Waals surface area contributed by atoms with Crippen molar-refractivity contribution in [3.05, 3.63) is 0 Å². The van der Waals surface area contributed by atoms with Crippen LogP contribution in [-0.2, 0) is 14.2 Å². The van der Waals surface area contributed by atoms with E-state index in [1.807, 2.05) is 13.8 Å². The van der Waals surface area contributed by atoms with Gasteiger partial charge in [-0.3, -0.25) is 0 Å². The van der Waals surface area contributed by atoms with E-state index >= 15 is 0 Å². The highest BCUT2D eigenvalue weighted by atomic mass is 16.5. The number of nitrogens with two attached hydrogens (primary N) is 1. The second kappa shape index (κ2) is 8.44. The van der Waals surface area contributed by atoms with Gasteiger partial charge in [-0.15, -0.1) is 0 Å². The molecule has 0 aromatic carbocycles. The second-order valence-electron chi connectivity index (χ2n) is 3.19. The van der Waals surface area contributed by atoms with Crippen molar-refractivity contribution >= 4 is 0 Å². The van der Waals surface area contributed by atoms with Gasteiger partial charge in [-0.25, -0.2) is 0 Å². The Morgan fingerprint density at radius 3 is 2.38 bits per heavy atom. The molecule has 0 spiro atoms. The molecule has 4 nitrogen and oxygen atoms in total. The maximum absolute atomic E-state index is 5.53. The quantitative estimate of drug-likeness (QED) is 0.564. The highest BCUT2D eigenvalue weighted by molar-refractivity contribution is 4.53. The predicted octanol–water partition coefficient (Wildman–Crippen LogP) is 0.402. The molecule has 0 aliphatic carbocycles. The second-order valence-corrected chi connectivity index (χ2v) is 3.19. The van der Waals surface area contributed by atoms with E-state index in [0.29, 0.717) is 26.4 Å². The van der Waals surface area contributed by atoms with Gasteiger partial charge in [0.2, 0.25) is 0 Å². The molecule has 0 unspecified atom stereocenters. The van der Waals surface area contributed by atoms with Crippen molar-refractivity contribution < 1.29 is 14.2 Å². The summed E-state index contributed by atoms with van der Waals surface area (Å²) in [5.74, 6) is 0. The number of hydrogen-bond donors (Lipinski definition) is 1. The molecule has 0 radical (unpaired) electrons. The molecule has 0 saturated heterocycles. The van der Waals surface area contributed by atoms with Gasteiger partial charge in [0.05, 0.1) is 32.5 Å². The summed E-state index contributed by atoms with van der Waals surface area (Å²) < 4.78 is 15.5. The molecule has 0 heterocycles. The standard InChI is InChI=1S/C9H21NO3/c1-8(10)6-13-9(2)7-12-5-4-11-3/h8-9H,4-7,10H2,1-3H3/t8-,9-/m1/s1. The number of methoxy groups -OCH3 is 1. The summed E-state index contributed by atoms with van der Waals surface area (Å²) in [6.07, 6.45) is 0.0999. The first-order chi connectivity index (χ1) is 6.16. The molecule has 80 valence electrons. The number of hydrogen-bond acceptors (Lipinski definition) is 4. The lowest BCUT2D eigenvalue weighted by Crippen LogP contribution is -2.27. The Bertz CT molecular complexity index is 109. The Hall–Kier alpha value is -0.160. The van der Waals surface area contributed by atoms with E-state index in [4.69, 9.17) is 19.9 Å². The van der Waals surface area contributed by atoms with Crippen molar-refractivity contribution in [2.75, 3.05) is 33.5 Å². The lowest BCUT2D eigenvalue weighted by molar-refractivity contribution is -0.0212. The van der Waals surface area contributed by atoms with Crippen LogP contribution in [0.4, 0.5) is 0 Å². The predicted molar refractivity (Wildman–Crippen MR) is 51.8 cm³/mol. The van der Waals surface area contributed by atoms with Crippen LogP contribution in [0, 0.1) is 0 Å². The summed E-state index contributed by atoms with van der Waals surface area (Å²) in [5, 5.41) is 0. The molecule has 0 aromatic heterocycles. The zero-order chi connectivity index (χ0) is 10.1. The zero-order valence-electron chi connectivity index (χ0n) is 8.79. The van der Waals surface area contributed by atoms with Gasteiger partial charge < -0.3 is 19.9 Å². The molecule has 0 rings (SSSR count). The van der Waals surface area contributed by atoms with E-state index in [1.54, 1.807) is 7.11 Å². The van der Waals surface area contributed by atoms with Gasteiger partial charge in [-0.05, 0) is 13.8 Å². The first kappa shape index (κ1) is 12.8. The van der Waals surface area contributed by atoms with Gasteiger partial charge in [0.25, 0.3) is 0 Å². The van der Waals surface area contributed by atoms with Crippen LogP contribution in [-0.4, -0.2) is 45.7 Å². The van der Waals surface area contributed by atoms with E-state index in [0.717, 1.165) is 0 Å². The van der Waals surface area contributed by atoms with Gasteiger partial charge in [-0.1, -0.05) is 0 Å². The number of rotatable bonds is 8. The van der Waals surface area contributed by atoms with Crippen molar-refractivity contribution in [2.24, 2.45) is 5.73 Å². The average molecular weight is 191 g/mol. The summed E-state index contributed by atoms with van der Waals surface area (Å²) in [7, 11) is 1.65. The fourth-order valence-corrected chi connectivity index (χ4v) is 0.756.